The number of ether oxygens (including phenoxy) is 1. The van der Waals surface area contributed by atoms with Crippen LogP contribution in [0, 0.1) is 0 Å². The molecule has 0 amide bonds. The summed E-state index contributed by atoms with van der Waals surface area (Å²) in [7, 11) is 2.18. The molecule has 1 N–H and O–H groups in total. The molecule has 2 aromatic rings. The first-order valence-electron chi connectivity index (χ1n) is 10.5. The summed E-state index contributed by atoms with van der Waals surface area (Å²) in [5, 5.41) is 11.2. The van der Waals surface area contributed by atoms with E-state index in [0.717, 1.165) is 57.7 Å². The van der Waals surface area contributed by atoms with Gasteiger partial charge < -0.3 is 19.6 Å². The van der Waals surface area contributed by atoms with E-state index >= 15 is 0 Å². The summed E-state index contributed by atoms with van der Waals surface area (Å²) in [4.78, 5) is 4.89. The molecule has 0 bridgehead atoms. The van der Waals surface area contributed by atoms with Crippen molar-refractivity contribution in [1.29, 1.82) is 0 Å². The van der Waals surface area contributed by atoms with Gasteiger partial charge in [0.1, 0.15) is 12.4 Å². The maximum atomic E-state index is 11.2. The Kier molecular flexibility index (Phi) is 9.45. The molecule has 1 unspecified atom stereocenters. The van der Waals surface area contributed by atoms with Crippen molar-refractivity contribution in [3.8, 4) is 5.75 Å². The van der Waals surface area contributed by atoms with Crippen molar-refractivity contribution in [2.75, 3.05) is 39.8 Å². The third-order valence-electron chi connectivity index (χ3n) is 6.41. The second-order valence-electron chi connectivity index (χ2n) is 8.46. The van der Waals surface area contributed by atoms with Crippen LogP contribution in [0.15, 0.2) is 54.6 Å². The molecule has 2 aliphatic rings. The largest absolute Gasteiger partial charge is 0.489 e. The third-order valence-corrected chi connectivity index (χ3v) is 6.41. The van der Waals surface area contributed by atoms with Gasteiger partial charge >= 0.3 is 0 Å². The minimum atomic E-state index is -0.568. The monoisotopic (exact) mass is 452 g/mol. The van der Waals surface area contributed by atoms with Crippen molar-refractivity contribution in [2.45, 2.75) is 37.4 Å². The maximum absolute atomic E-state index is 11.2. The van der Waals surface area contributed by atoms with Crippen LogP contribution in [0.2, 0.25) is 0 Å². The highest BCUT2D eigenvalue weighted by Crippen LogP contribution is 2.44. The van der Waals surface area contributed by atoms with Gasteiger partial charge in [-0.1, -0.05) is 42.5 Å². The highest BCUT2D eigenvalue weighted by atomic mass is 35.5. The van der Waals surface area contributed by atoms with Crippen LogP contribution in [0.5, 0.6) is 5.75 Å². The van der Waals surface area contributed by atoms with E-state index in [1.54, 1.807) is 0 Å². The topological polar surface area (TPSA) is 35.9 Å². The first-order valence-corrected chi connectivity index (χ1v) is 10.5. The zero-order valence-corrected chi connectivity index (χ0v) is 19.3. The Morgan fingerprint density at radius 1 is 0.967 bits per heavy atom. The zero-order chi connectivity index (χ0) is 19.4. The van der Waals surface area contributed by atoms with Crippen molar-refractivity contribution in [3.05, 3.63) is 65.7 Å². The number of rotatable bonds is 7. The molecule has 0 radical (unpaired) electrons. The Morgan fingerprint density at radius 3 is 2.30 bits per heavy atom. The van der Waals surface area contributed by atoms with Gasteiger partial charge in [-0.25, -0.2) is 0 Å². The van der Waals surface area contributed by atoms with Crippen LogP contribution < -0.4 is 4.74 Å². The van der Waals surface area contributed by atoms with E-state index in [9.17, 15) is 5.11 Å². The number of hydrogen-bond acceptors (Lipinski definition) is 4. The Hall–Kier alpha value is -1.30. The van der Waals surface area contributed by atoms with Crippen LogP contribution in [-0.2, 0) is 6.61 Å². The Morgan fingerprint density at radius 2 is 1.67 bits per heavy atom. The van der Waals surface area contributed by atoms with Gasteiger partial charge in [0.05, 0.1) is 5.60 Å². The first kappa shape index (κ1) is 25.0. The van der Waals surface area contributed by atoms with Gasteiger partial charge in [-0.3, -0.25) is 0 Å². The molecule has 4 rings (SSSR count). The summed E-state index contributed by atoms with van der Waals surface area (Å²) in [6.07, 6.45) is 2.93. The molecule has 1 aliphatic carbocycles. The molecule has 166 valence electrons. The highest BCUT2D eigenvalue weighted by molar-refractivity contribution is 5.85. The van der Waals surface area contributed by atoms with Gasteiger partial charge in [0.25, 0.3) is 0 Å². The zero-order valence-electron chi connectivity index (χ0n) is 17.7. The van der Waals surface area contributed by atoms with E-state index < -0.39 is 5.60 Å². The van der Waals surface area contributed by atoms with E-state index in [4.69, 9.17) is 4.74 Å². The second kappa shape index (κ2) is 11.4. The predicted octanol–water partition coefficient (Wildman–Crippen LogP) is 4.36. The van der Waals surface area contributed by atoms with E-state index in [0.29, 0.717) is 6.61 Å². The van der Waals surface area contributed by atoms with Crippen LogP contribution >= 0.6 is 24.8 Å². The van der Waals surface area contributed by atoms with Crippen LogP contribution in [0.3, 0.4) is 0 Å². The third kappa shape index (κ3) is 6.12. The minimum Gasteiger partial charge on any atom is -0.489 e. The number of hydrogen-bond donors (Lipinski definition) is 1. The van der Waals surface area contributed by atoms with Crippen molar-refractivity contribution in [1.82, 2.24) is 9.80 Å². The fourth-order valence-electron chi connectivity index (χ4n) is 4.32. The van der Waals surface area contributed by atoms with Gasteiger partial charge in [-0.05, 0) is 49.6 Å². The lowest BCUT2D eigenvalue weighted by atomic mass is 9.68. The molecular weight excluding hydrogens is 419 g/mol. The average molecular weight is 453 g/mol. The van der Waals surface area contributed by atoms with Crippen LogP contribution in [-0.4, -0.2) is 60.3 Å². The molecule has 0 aromatic heterocycles. The Bertz CT molecular complexity index is 763. The van der Waals surface area contributed by atoms with E-state index in [1.165, 1.54) is 11.1 Å². The standard InChI is InChI=1S/C24H32N2O2.2ClH/c1-25-13-15-26(16-14-25)18-23(24(27)11-6-12-24)21-9-5-10-22(17-21)28-19-20-7-3-2-4-8-20;;/h2-5,7-10,17,23,27H,6,11-16,18-19H2,1H3;2*1H. The number of benzene rings is 2. The molecule has 1 aliphatic heterocycles. The molecule has 30 heavy (non-hydrogen) atoms. The molecule has 6 heteroatoms. The quantitative estimate of drug-likeness (QED) is 0.676. The SMILES string of the molecule is CN1CCN(CC(c2cccc(OCc3ccccc3)c2)C2(O)CCC2)CC1.Cl.Cl. The van der Waals surface area contributed by atoms with Crippen molar-refractivity contribution < 1.29 is 9.84 Å². The minimum absolute atomic E-state index is 0. The summed E-state index contributed by atoms with van der Waals surface area (Å²) in [6, 6.07) is 18.6. The fourth-order valence-corrected chi connectivity index (χ4v) is 4.32. The Balaban J connectivity index is 0.00000160. The molecule has 0 spiro atoms. The molecule has 1 heterocycles. The summed E-state index contributed by atoms with van der Waals surface area (Å²) in [5.41, 5.74) is 1.80. The van der Waals surface area contributed by atoms with Crippen molar-refractivity contribution in [3.63, 3.8) is 0 Å². The molecule has 1 saturated carbocycles. The summed E-state index contributed by atoms with van der Waals surface area (Å²) in [5.74, 6) is 1.03. The van der Waals surface area contributed by atoms with Gasteiger partial charge in [-0.15, -0.1) is 24.8 Å². The summed E-state index contributed by atoms with van der Waals surface area (Å²) < 4.78 is 6.05. The van der Waals surface area contributed by atoms with Crippen molar-refractivity contribution in [2.24, 2.45) is 0 Å². The van der Waals surface area contributed by atoms with Crippen LogP contribution in [0.1, 0.15) is 36.3 Å². The molecular formula is C24H34Cl2N2O2. The smallest absolute Gasteiger partial charge is 0.120 e. The highest BCUT2D eigenvalue weighted by Gasteiger charge is 2.43. The summed E-state index contributed by atoms with van der Waals surface area (Å²) in [6.45, 7) is 5.85. The number of likely N-dealkylation sites (N-methyl/N-ethyl adjacent to an activating group) is 1. The number of halogens is 2. The van der Waals surface area contributed by atoms with Crippen LogP contribution in [0.4, 0.5) is 0 Å². The number of aliphatic hydroxyl groups is 1. The van der Waals surface area contributed by atoms with Gasteiger partial charge in [0.15, 0.2) is 0 Å². The van der Waals surface area contributed by atoms with Gasteiger partial charge in [-0.2, -0.15) is 0 Å². The number of piperazine rings is 1. The molecule has 1 saturated heterocycles. The van der Waals surface area contributed by atoms with E-state index in [2.05, 4.69) is 47.2 Å². The maximum Gasteiger partial charge on any atom is 0.120 e. The molecule has 2 fully saturated rings. The predicted molar refractivity (Wildman–Crippen MR) is 127 cm³/mol. The lowest BCUT2D eigenvalue weighted by Gasteiger charge is -2.46. The molecule has 1 atom stereocenters. The lowest BCUT2D eigenvalue weighted by Crippen LogP contribution is -2.51. The molecule has 2 aromatic carbocycles. The summed E-state index contributed by atoms with van der Waals surface area (Å²) >= 11 is 0. The Labute approximate surface area is 193 Å². The van der Waals surface area contributed by atoms with E-state index in [1.807, 2.05) is 24.3 Å². The molecule has 4 nitrogen and oxygen atoms in total. The van der Waals surface area contributed by atoms with E-state index in [-0.39, 0.29) is 30.7 Å². The normalized spacial score (nSPS) is 19.7. The van der Waals surface area contributed by atoms with Gasteiger partial charge in [0, 0.05) is 38.6 Å². The second-order valence-corrected chi connectivity index (χ2v) is 8.46. The van der Waals surface area contributed by atoms with Crippen LogP contribution in [0.25, 0.3) is 0 Å². The number of nitrogens with zero attached hydrogens (tertiary/aromatic N) is 2. The average Bonchev–Trinajstić information content (AvgIpc) is 2.71. The first-order chi connectivity index (χ1) is 13.6. The fraction of sp³-hybridized carbons (Fsp3) is 0.500. The van der Waals surface area contributed by atoms with Gasteiger partial charge in [0.2, 0.25) is 0 Å². The van der Waals surface area contributed by atoms with Crippen molar-refractivity contribution >= 4 is 24.8 Å². The lowest BCUT2D eigenvalue weighted by molar-refractivity contribution is -0.0665.